The average molecular weight is 324 g/mol. The summed E-state index contributed by atoms with van der Waals surface area (Å²) < 4.78 is 5.24. The number of hydrogen-bond donors (Lipinski definition) is 1. The number of amides is 2. The zero-order valence-electron chi connectivity index (χ0n) is 15.7. The summed E-state index contributed by atoms with van der Waals surface area (Å²) in [5, 5.41) is 2.67. The molecule has 1 aliphatic heterocycles. The lowest BCUT2D eigenvalue weighted by molar-refractivity contribution is -0.134. The van der Waals surface area contributed by atoms with Gasteiger partial charge in [-0.1, -0.05) is 20.8 Å². The summed E-state index contributed by atoms with van der Waals surface area (Å²) >= 11 is 0. The Bertz CT molecular complexity index is 495. The van der Waals surface area contributed by atoms with Gasteiger partial charge < -0.3 is 15.0 Å². The topological polar surface area (TPSA) is 58.6 Å². The molecular formula is C18H32N2O3. The second-order valence-corrected chi connectivity index (χ2v) is 9.55. The van der Waals surface area contributed by atoms with Crippen LogP contribution in [0.4, 0.5) is 4.79 Å². The van der Waals surface area contributed by atoms with Crippen molar-refractivity contribution in [2.75, 3.05) is 6.54 Å². The van der Waals surface area contributed by atoms with Gasteiger partial charge in [0.1, 0.15) is 11.6 Å². The highest BCUT2D eigenvalue weighted by atomic mass is 16.6. The first kappa shape index (κ1) is 18.1. The predicted molar refractivity (Wildman–Crippen MR) is 90.1 cm³/mol. The molecule has 1 N–H and O–H groups in total. The van der Waals surface area contributed by atoms with E-state index in [2.05, 4.69) is 26.1 Å². The van der Waals surface area contributed by atoms with E-state index in [0.29, 0.717) is 6.04 Å². The maximum Gasteiger partial charge on any atom is 0.408 e. The second kappa shape index (κ2) is 5.67. The van der Waals surface area contributed by atoms with Crippen LogP contribution in [0, 0.1) is 10.8 Å². The lowest BCUT2D eigenvalue weighted by Crippen LogP contribution is -2.49. The van der Waals surface area contributed by atoms with Crippen LogP contribution in [0.2, 0.25) is 0 Å². The third-order valence-electron chi connectivity index (χ3n) is 4.80. The molecule has 0 aromatic carbocycles. The van der Waals surface area contributed by atoms with E-state index in [9.17, 15) is 9.59 Å². The molecule has 1 saturated carbocycles. The molecule has 5 heteroatoms. The summed E-state index contributed by atoms with van der Waals surface area (Å²) in [6, 6.07) is -0.268. The van der Waals surface area contributed by atoms with E-state index in [1.54, 1.807) is 6.92 Å². The van der Waals surface area contributed by atoms with Gasteiger partial charge in [-0.05, 0) is 57.8 Å². The molecule has 3 atom stereocenters. The van der Waals surface area contributed by atoms with Crippen molar-refractivity contribution in [2.24, 2.45) is 10.8 Å². The molecule has 3 unspecified atom stereocenters. The SMILES string of the molecule is CC(NC(=O)OC(C)(C)C)C(=O)N1CC2(C)CC1CC(C)(C)C2. The van der Waals surface area contributed by atoms with Crippen molar-refractivity contribution in [2.45, 2.75) is 85.4 Å². The van der Waals surface area contributed by atoms with Gasteiger partial charge in [0.25, 0.3) is 0 Å². The van der Waals surface area contributed by atoms with Gasteiger partial charge in [-0.3, -0.25) is 4.79 Å². The molecule has 23 heavy (non-hydrogen) atoms. The molecular weight excluding hydrogens is 292 g/mol. The number of hydrogen-bond acceptors (Lipinski definition) is 3. The van der Waals surface area contributed by atoms with E-state index in [1.807, 2.05) is 25.7 Å². The van der Waals surface area contributed by atoms with Crippen LogP contribution < -0.4 is 5.32 Å². The van der Waals surface area contributed by atoms with Crippen LogP contribution in [0.3, 0.4) is 0 Å². The fourth-order valence-electron chi connectivity index (χ4n) is 4.51. The Morgan fingerprint density at radius 2 is 1.83 bits per heavy atom. The molecule has 0 spiro atoms. The molecule has 2 rings (SSSR count). The van der Waals surface area contributed by atoms with Gasteiger partial charge >= 0.3 is 6.09 Å². The zero-order valence-corrected chi connectivity index (χ0v) is 15.7. The number of carbonyl (C=O) groups is 2. The summed E-state index contributed by atoms with van der Waals surface area (Å²) in [4.78, 5) is 26.7. The molecule has 2 amide bonds. The molecule has 2 fully saturated rings. The molecule has 1 heterocycles. The Morgan fingerprint density at radius 3 is 2.39 bits per heavy atom. The van der Waals surface area contributed by atoms with E-state index in [0.717, 1.165) is 25.8 Å². The number of carbonyl (C=O) groups excluding carboxylic acids is 2. The summed E-state index contributed by atoms with van der Waals surface area (Å²) in [5.41, 5.74) is -0.0865. The number of ether oxygens (including phenoxy) is 1. The fraction of sp³-hybridized carbons (Fsp3) is 0.889. The van der Waals surface area contributed by atoms with Gasteiger partial charge in [-0.25, -0.2) is 4.79 Å². The van der Waals surface area contributed by atoms with Crippen molar-refractivity contribution in [1.82, 2.24) is 10.2 Å². The van der Waals surface area contributed by atoms with Gasteiger partial charge in [0.2, 0.25) is 5.91 Å². The average Bonchev–Trinajstić information content (AvgIpc) is 2.54. The highest BCUT2D eigenvalue weighted by Crippen LogP contribution is 2.52. The minimum Gasteiger partial charge on any atom is -0.444 e. The summed E-state index contributed by atoms with van der Waals surface area (Å²) in [5.74, 6) is 0.00211. The van der Waals surface area contributed by atoms with Crippen molar-refractivity contribution in [3.8, 4) is 0 Å². The van der Waals surface area contributed by atoms with Crippen LogP contribution in [0.1, 0.15) is 67.7 Å². The van der Waals surface area contributed by atoms with Crippen molar-refractivity contribution < 1.29 is 14.3 Å². The van der Waals surface area contributed by atoms with Crippen LogP contribution in [-0.4, -0.2) is 41.1 Å². The lowest BCUT2D eigenvalue weighted by atomic mass is 9.65. The van der Waals surface area contributed by atoms with Crippen LogP contribution in [0.25, 0.3) is 0 Å². The first-order valence-electron chi connectivity index (χ1n) is 8.60. The summed E-state index contributed by atoms with van der Waals surface area (Å²) in [7, 11) is 0. The molecule has 0 radical (unpaired) electrons. The Morgan fingerprint density at radius 1 is 1.22 bits per heavy atom. The summed E-state index contributed by atoms with van der Waals surface area (Å²) in [6.07, 6.45) is 2.72. The number of fused-ring (bicyclic) bond motifs is 2. The Hall–Kier alpha value is -1.26. The highest BCUT2D eigenvalue weighted by molar-refractivity contribution is 5.86. The lowest BCUT2D eigenvalue weighted by Gasteiger charge is -2.39. The van der Waals surface area contributed by atoms with Crippen LogP contribution in [-0.2, 0) is 9.53 Å². The van der Waals surface area contributed by atoms with E-state index in [1.165, 1.54) is 0 Å². The van der Waals surface area contributed by atoms with Crippen LogP contribution in [0.15, 0.2) is 0 Å². The zero-order chi connectivity index (χ0) is 17.6. The number of likely N-dealkylation sites (tertiary alicyclic amines) is 1. The first-order valence-corrected chi connectivity index (χ1v) is 8.60. The van der Waals surface area contributed by atoms with Gasteiger partial charge in [-0.15, -0.1) is 0 Å². The van der Waals surface area contributed by atoms with Crippen molar-refractivity contribution >= 4 is 12.0 Å². The minimum atomic E-state index is -0.561. The van der Waals surface area contributed by atoms with Crippen LogP contribution >= 0.6 is 0 Å². The first-order chi connectivity index (χ1) is 10.3. The van der Waals surface area contributed by atoms with Gasteiger partial charge in [0.15, 0.2) is 0 Å². The number of nitrogens with one attached hydrogen (secondary N) is 1. The fourth-order valence-corrected chi connectivity index (χ4v) is 4.51. The monoisotopic (exact) mass is 324 g/mol. The van der Waals surface area contributed by atoms with Gasteiger partial charge in [0, 0.05) is 12.6 Å². The number of rotatable bonds is 2. The normalized spacial score (nSPS) is 30.7. The molecule has 1 aliphatic carbocycles. The summed E-state index contributed by atoms with van der Waals surface area (Å²) in [6.45, 7) is 14.8. The van der Waals surface area contributed by atoms with E-state index >= 15 is 0 Å². The van der Waals surface area contributed by atoms with Crippen molar-refractivity contribution in [3.05, 3.63) is 0 Å². The highest BCUT2D eigenvalue weighted by Gasteiger charge is 2.51. The minimum absolute atomic E-state index is 0.00211. The third-order valence-corrected chi connectivity index (χ3v) is 4.80. The quantitative estimate of drug-likeness (QED) is 0.847. The largest absolute Gasteiger partial charge is 0.444 e. The second-order valence-electron chi connectivity index (χ2n) is 9.55. The maximum absolute atomic E-state index is 12.8. The molecule has 0 aromatic heterocycles. The Labute approximate surface area is 140 Å². The molecule has 5 nitrogen and oxygen atoms in total. The van der Waals surface area contributed by atoms with E-state index in [-0.39, 0.29) is 16.7 Å². The predicted octanol–water partition coefficient (Wildman–Crippen LogP) is 3.33. The standard InChI is InChI=1S/C18H32N2O3/c1-12(19-15(22)23-16(2,3)4)14(21)20-11-18(7)9-13(20)8-17(5,6)10-18/h12-13H,8-11H2,1-7H3,(H,19,22). The number of nitrogens with zero attached hydrogens (tertiary/aromatic N) is 1. The molecule has 1 saturated heterocycles. The molecule has 2 bridgehead atoms. The van der Waals surface area contributed by atoms with Crippen molar-refractivity contribution in [3.63, 3.8) is 0 Å². The van der Waals surface area contributed by atoms with E-state index < -0.39 is 17.7 Å². The van der Waals surface area contributed by atoms with Gasteiger partial charge in [0.05, 0.1) is 0 Å². The Kier molecular flexibility index (Phi) is 4.46. The molecule has 132 valence electrons. The maximum atomic E-state index is 12.8. The molecule has 0 aromatic rings. The van der Waals surface area contributed by atoms with Crippen LogP contribution in [0.5, 0.6) is 0 Å². The smallest absolute Gasteiger partial charge is 0.408 e. The van der Waals surface area contributed by atoms with E-state index in [4.69, 9.17) is 4.74 Å². The van der Waals surface area contributed by atoms with Gasteiger partial charge in [-0.2, -0.15) is 0 Å². The molecule has 2 aliphatic rings. The Balaban J connectivity index is 2.00. The van der Waals surface area contributed by atoms with Crippen molar-refractivity contribution in [1.29, 1.82) is 0 Å². The third kappa shape index (κ3) is 4.39. The number of alkyl carbamates (subject to hydrolysis) is 1.